The summed E-state index contributed by atoms with van der Waals surface area (Å²) in [5, 5.41) is 9.30. The van der Waals surface area contributed by atoms with Gasteiger partial charge in [-0.1, -0.05) is 23.4 Å². The number of aromatic amines is 1. The van der Waals surface area contributed by atoms with Gasteiger partial charge in [0.05, 0.1) is 11.4 Å². The second kappa shape index (κ2) is 5.89. The van der Waals surface area contributed by atoms with Crippen LogP contribution in [0.4, 0.5) is 16.0 Å². The van der Waals surface area contributed by atoms with E-state index < -0.39 is 11.7 Å². The molecule has 4 N–H and O–H groups in total. The maximum absolute atomic E-state index is 13.4. The fourth-order valence-corrected chi connectivity index (χ4v) is 2.01. The molecule has 19 heavy (non-hydrogen) atoms. The molecule has 6 nitrogen and oxygen atoms in total. The van der Waals surface area contributed by atoms with Gasteiger partial charge in [0.15, 0.2) is 0 Å². The molecule has 100 valence electrons. The average Bonchev–Trinajstić information content (AvgIpc) is 2.77. The standard InChI is InChI=1S/C10H9ClFN5OS/c11-5-1-2-6(12)7(3-5)14-8(18)4-19-10-15-9(13)16-17-10/h1-3H,4H2,(H,14,18)(H3,13,15,16,17). The van der Waals surface area contributed by atoms with E-state index in [1.807, 2.05) is 0 Å². The molecule has 0 unspecified atom stereocenters. The zero-order valence-electron chi connectivity index (χ0n) is 9.48. The molecule has 1 heterocycles. The summed E-state index contributed by atoms with van der Waals surface area (Å²) in [7, 11) is 0. The molecule has 0 bridgehead atoms. The fraction of sp³-hybridized carbons (Fsp3) is 0.100. The molecule has 0 aliphatic heterocycles. The fourth-order valence-electron chi connectivity index (χ4n) is 1.23. The number of nitrogens with zero attached hydrogens (tertiary/aromatic N) is 2. The molecular formula is C10H9ClFN5OS. The van der Waals surface area contributed by atoms with E-state index in [1.165, 1.54) is 18.2 Å². The zero-order valence-corrected chi connectivity index (χ0v) is 11.1. The predicted molar refractivity (Wildman–Crippen MR) is 71.6 cm³/mol. The Kier molecular flexibility index (Phi) is 4.23. The summed E-state index contributed by atoms with van der Waals surface area (Å²) in [5.41, 5.74) is 5.37. The summed E-state index contributed by atoms with van der Waals surface area (Å²) in [6.45, 7) is 0. The van der Waals surface area contributed by atoms with Crippen LogP contribution in [0.1, 0.15) is 0 Å². The van der Waals surface area contributed by atoms with Crippen LogP contribution in [-0.2, 0) is 4.79 Å². The number of H-pyrrole nitrogens is 1. The Morgan fingerprint density at radius 3 is 3.05 bits per heavy atom. The number of rotatable bonds is 4. The third-order valence-electron chi connectivity index (χ3n) is 2.02. The van der Waals surface area contributed by atoms with Gasteiger partial charge in [-0.05, 0) is 18.2 Å². The molecule has 1 aromatic carbocycles. The zero-order chi connectivity index (χ0) is 13.8. The van der Waals surface area contributed by atoms with Crippen molar-refractivity contribution in [2.45, 2.75) is 5.16 Å². The molecule has 2 rings (SSSR count). The van der Waals surface area contributed by atoms with E-state index in [0.717, 1.165) is 11.8 Å². The number of carbonyl (C=O) groups is 1. The molecule has 0 fully saturated rings. The van der Waals surface area contributed by atoms with Gasteiger partial charge in [0.2, 0.25) is 17.0 Å². The van der Waals surface area contributed by atoms with Gasteiger partial charge in [0.25, 0.3) is 0 Å². The van der Waals surface area contributed by atoms with Crippen LogP contribution in [0.15, 0.2) is 23.4 Å². The topological polar surface area (TPSA) is 96.7 Å². The van der Waals surface area contributed by atoms with Crippen LogP contribution >= 0.6 is 23.4 Å². The normalized spacial score (nSPS) is 10.4. The van der Waals surface area contributed by atoms with Crippen LogP contribution in [-0.4, -0.2) is 26.8 Å². The number of hydrogen-bond acceptors (Lipinski definition) is 5. The molecule has 1 aromatic heterocycles. The lowest BCUT2D eigenvalue weighted by atomic mass is 10.3. The molecule has 0 saturated heterocycles. The first kappa shape index (κ1) is 13.6. The first-order chi connectivity index (χ1) is 9.04. The van der Waals surface area contributed by atoms with Crippen molar-refractivity contribution in [3.05, 3.63) is 29.0 Å². The van der Waals surface area contributed by atoms with Crippen LogP contribution in [0.2, 0.25) is 5.02 Å². The maximum Gasteiger partial charge on any atom is 0.234 e. The Bertz CT molecular complexity index is 605. The summed E-state index contributed by atoms with van der Waals surface area (Å²) in [4.78, 5) is 15.4. The number of nitrogens with one attached hydrogen (secondary N) is 2. The number of carbonyl (C=O) groups excluding carboxylic acids is 1. The number of anilines is 2. The summed E-state index contributed by atoms with van der Waals surface area (Å²) in [6.07, 6.45) is 0. The van der Waals surface area contributed by atoms with Crippen molar-refractivity contribution < 1.29 is 9.18 Å². The van der Waals surface area contributed by atoms with Gasteiger partial charge >= 0.3 is 0 Å². The van der Waals surface area contributed by atoms with Gasteiger partial charge < -0.3 is 11.1 Å². The Morgan fingerprint density at radius 1 is 1.58 bits per heavy atom. The predicted octanol–water partition coefficient (Wildman–Crippen LogP) is 1.91. The minimum Gasteiger partial charge on any atom is -0.368 e. The van der Waals surface area contributed by atoms with Crippen molar-refractivity contribution in [3.63, 3.8) is 0 Å². The highest BCUT2D eigenvalue weighted by molar-refractivity contribution is 7.99. The first-order valence-corrected chi connectivity index (χ1v) is 6.46. The number of halogens is 2. The molecular weight excluding hydrogens is 293 g/mol. The van der Waals surface area contributed by atoms with Gasteiger partial charge in [-0.25, -0.2) is 9.49 Å². The summed E-state index contributed by atoms with van der Waals surface area (Å²) >= 11 is 6.79. The highest BCUT2D eigenvalue weighted by Gasteiger charge is 2.10. The van der Waals surface area contributed by atoms with Crippen LogP contribution in [0, 0.1) is 5.82 Å². The van der Waals surface area contributed by atoms with E-state index in [-0.39, 0.29) is 17.4 Å². The molecule has 0 aliphatic carbocycles. The van der Waals surface area contributed by atoms with Crippen LogP contribution in [0.3, 0.4) is 0 Å². The highest BCUT2D eigenvalue weighted by Crippen LogP contribution is 2.20. The molecule has 1 amide bonds. The van der Waals surface area contributed by atoms with E-state index in [9.17, 15) is 9.18 Å². The lowest BCUT2D eigenvalue weighted by molar-refractivity contribution is -0.113. The van der Waals surface area contributed by atoms with Crippen molar-refractivity contribution in [1.29, 1.82) is 0 Å². The average molecular weight is 302 g/mol. The van der Waals surface area contributed by atoms with Crippen molar-refractivity contribution in [2.75, 3.05) is 16.8 Å². The maximum atomic E-state index is 13.4. The molecule has 0 atom stereocenters. The molecule has 0 saturated carbocycles. The van der Waals surface area contributed by atoms with Crippen LogP contribution in [0.25, 0.3) is 0 Å². The first-order valence-electron chi connectivity index (χ1n) is 5.10. The summed E-state index contributed by atoms with van der Waals surface area (Å²) in [5.74, 6) is -0.744. The Morgan fingerprint density at radius 2 is 2.37 bits per heavy atom. The summed E-state index contributed by atoms with van der Waals surface area (Å²) in [6, 6.07) is 3.92. The molecule has 2 aromatic rings. The van der Waals surface area contributed by atoms with Gasteiger partial charge in [0.1, 0.15) is 5.82 Å². The van der Waals surface area contributed by atoms with Gasteiger partial charge in [0, 0.05) is 5.02 Å². The Hall–Kier alpha value is -1.80. The lowest BCUT2D eigenvalue weighted by Gasteiger charge is -2.05. The van der Waals surface area contributed by atoms with Crippen molar-refractivity contribution in [3.8, 4) is 0 Å². The van der Waals surface area contributed by atoms with Crippen LogP contribution < -0.4 is 11.1 Å². The van der Waals surface area contributed by atoms with Crippen LogP contribution in [0.5, 0.6) is 0 Å². The van der Waals surface area contributed by atoms with Gasteiger partial charge in [-0.2, -0.15) is 4.98 Å². The Balaban J connectivity index is 1.92. The van der Waals surface area contributed by atoms with E-state index in [2.05, 4.69) is 20.5 Å². The minimum absolute atomic E-state index is 0.0310. The van der Waals surface area contributed by atoms with Gasteiger partial charge in [-0.15, -0.1) is 5.10 Å². The quantitative estimate of drug-likeness (QED) is 0.750. The number of hydrogen-bond donors (Lipinski definition) is 3. The highest BCUT2D eigenvalue weighted by atomic mass is 35.5. The second-order valence-electron chi connectivity index (χ2n) is 3.46. The van der Waals surface area contributed by atoms with E-state index in [1.54, 1.807) is 0 Å². The minimum atomic E-state index is -0.551. The van der Waals surface area contributed by atoms with Gasteiger partial charge in [-0.3, -0.25) is 4.79 Å². The third kappa shape index (κ3) is 3.83. The number of aromatic nitrogens is 3. The van der Waals surface area contributed by atoms with E-state index in [0.29, 0.717) is 10.2 Å². The largest absolute Gasteiger partial charge is 0.368 e. The molecule has 0 aliphatic rings. The van der Waals surface area contributed by atoms with Crippen molar-refractivity contribution in [1.82, 2.24) is 15.2 Å². The number of nitrogen functional groups attached to an aromatic ring is 1. The second-order valence-corrected chi connectivity index (χ2v) is 4.84. The number of nitrogens with two attached hydrogens (primary N) is 1. The monoisotopic (exact) mass is 301 g/mol. The summed E-state index contributed by atoms with van der Waals surface area (Å²) < 4.78 is 13.4. The molecule has 9 heteroatoms. The number of benzene rings is 1. The van der Waals surface area contributed by atoms with E-state index >= 15 is 0 Å². The third-order valence-corrected chi connectivity index (χ3v) is 3.10. The Labute approximate surface area is 116 Å². The molecule has 0 spiro atoms. The lowest BCUT2D eigenvalue weighted by Crippen LogP contribution is -2.15. The van der Waals surface area contributed by atoms with E-state index in [4.69, 9.17) is 17.3 Å². The van der Waals surface area contributed by atoms with Crippen molar-refractivity contribution in [2.24, 2.45) is 0 Å². The number of thioether (sulfide) groups is 1. The molecule has 0 radical (unpaired) electrons. The number of amides is 1. The smallest absolute Gasteiger partial charge is 0.234 e. The SMILES string of the molecule is Nc1nc(SCC(=O)Nc2cc(Cl)ccc2F)n[nH]1. The van der Waals surface area contributed by atoms with Crippen molar-refractivity contribution >= 4 is 40.9 Å².